The minimum atomic E-state index is -1.90. The van der Waals surface area contributed by atoms with E-state index >= 15 is 0 Å². The van der Waals surface area contributed by atoms with E-state index in [2.05, 4.69) is 9.37 Å². The third kappa shape index (κ3) is 7.52. The Hall–Kier alpha value is 0.220. The van der Waals surface area contributed by atoms with Crippen molar-refractivity contribution in [3.8, 4) is 0 Å². The van der Waals surface area contributed by atoms with E-state index in [0.717, 1.165) is 0 Å². The summed E-state index contributed by atoms with van der Waals surface area (Å²) in [6.07, 6.45) is -10.9. The van der Waals surface area contributed by atoms with Crippen LogP contribution in [0.5, 0.6) is 0 Å². The fourth-order valence-corrected chi connectivity index (χ4v) is 5.63. The molecule has 8 N–H and O–H groups in total. The van der Waals surface area contributed by atoms with Gasteiger partial charge in [0, 0.05) is 10.9 Å². The lowest BCUT2D eigenvalue weighted by molar-refractivity contribution is -0.777. The van der Waals surface area contributed by atoms with Gasteiger partial charge in [-0.1, -0.05) is 7.43 Å². The highest BCUT2D eigenvalue weighted by atomic mass is 32.2. The van der Waals surface area contributed by atoms with Gasteiger partial charge in [-0.15, -0.1) is 4.33 Å². The first kappa shape index (κ1) is 27.2. The Bertz CT molecular complexity index is 394. The summed E-state index contributed by atoms with van der Waals surface area (Å²) in [6, 6.07) is 0. The van der Waals surface area contributed by atoms with Crippen molar-refractivity contribution < 1.29 is 59.7 Å². The van der Waals surface area contributed by atoms with Crippen LogP contribution in [0.15, 0.2) is 0 Å². The van der Waals surface area contributed by atoms with Crippen LogP contribution in [0.4, 0.5) is 0 Å². The first-order chi connectivity index (χ1) is 12.3. The fraction of sp³-hybridized carbons (Fsp3) is 1.00. The van der Waals surface area contributed by atoms with Gasteiger partial charge in [-0.25, -0.2) is 0 Å². The zero-order chi connectivity index (χ0) is 19.9. The lowest BCUT2D eigenvalue weighted by atomic mass is 10.0. The van der Waals surface area contributed by atoms with E-state index in [1.165, 1.54) is 0 Å². The van der Waals surface area contributed by atoms with E-state index in [1.54, 1.807) is 0 Å². The average molecular weight is 440 g/mol. The maximum absolute atomic E-state index is 10.4. The molecule has 0 saturated carbocycles. The standard InChI is InChI=1S/C12H24O12S2.CH4/c13-1-5(15)10(19)11(20)12(22-25-24-23-21)7(17)4-26-3-6(16)9(18)8(26)2-14;/h5-20H,1-4H2;1H4/t5?,6-,7?,8-,9+,10?,11?,12?,26?;/m1./s1. The Morgan fingerprint density at radius 3 is 2.22 bits per heavy atom. The molecule has 0 aromatic carbocycles. The molecule has 14 heteroatoms. The normalized spacial score (nSPS) is 31.0. The zero-order valence-electron chi connectivity index (χ0n) is 13.5. The third-order valence-electron chi connectivity index (χ3n) is 4.01. The molecule has 0 bridgehead atoms. The van der Waals surface area contributed by atoms with Gasteiger partial charge in [-0.05, 0) is 0 Å². The van der Waals surface area contributed by atoms with Gasteiger partial charge in [0.1, 0.15) is 54.2 Å². The third-order valence-corrected chi connectivity index (χ3v) is 7.24. The van der Waals surface area contributed by atoms with E-state index in [9.17, 15) is 41.0 Å². The quantitative estimate of drug-likeness (QED) is 0.0470. The first-order valence-corrected chi connectivity index (χ1v) is 9.82. The molecule has 0 aromatic heterocycles. The molecule has 6 unspecified atom stereocenters. The Kier molecular flexibility index (Phi) is 13.6. The lowest BCUT2D eigenvalue weighted by Gasteiger charge is -2.30. The first-order valence-electron chi connectivity index (χ1n) is 7.53. The Morgan fingerprint density at radius 1 is 1.07 bits per heavy atom. The molecular weight excluding hydrogens is 412 g/mol. The molecule has 9 atom stereocenters. The van der Waals surface area contributed by atoms with Gasteiger partial charge in [0.05, 0.1) is 13.2 Å². The molecule has 1 rings (SSSR count). The summed E-state index contributed by atoms with van der Waals surface area (Å²) >= 11 is -0.0347. The van der Waals surface area contributed by atoms with E-state index < -0.39 is 72.1 Å². The van der Waals surface area contributed by atoms with Crippen molar-refractivity contribution in [2.75, 3.05) is 24.7 Å². The molecule has 164 valence electrons. The van der Waals surface area contributed by atoms with Crippen LogP contribution in [0.2, 0.25) is 0 Å². The van der Waals surface area contributed by atoms with Crippen LogP contribution in [0, 0.1) is 0 Å². The topological polar surface area (TPSA) is 213 Å². The second-order valence-corrected chi connectivity index (χ2v) is 8.52. The van der Waals surface area contributed by atoms with Crippen LogP contribution in [0.1, 0.15) is 7.43 Å². The second kappa shape index (κ2) is 13.4. The molecule has 27 heavy (non-hydrogen) atoms. The Balaban J connectivity index is 0.00000676. The molecule has 0 spiro atoms. The molecule has 1 aliphatic heterocycles. The molecule has 0 aliphatic carbocycles. The minimum Gasteiger partial charge on any atom is -0.691 e. The van der Waals surface area contributed by atoms with Crippen molar-refractivity contribution in [1.29, 1.82) is 0 Å². The van der Waals surface area contributed by atoms with Gasteiger partial charge in [0.2, 0.25) is 0 Å². The maximum Gasteiger partial charge on any atom is 0.194 e. The summed E-state index contributed by atoms with van der Waals surface area (Å²) in [5, 5.41) is 89.6. The molecule has 1 fully saturated rings. The predicted molar refractivity (Wildman–Crippen MR) is 92.5 cm³/mol. The number of hydrogen-bond donors (Lipinski definition) is 8. The molecule has 12 nitrogen and oxygen atoms in total. The van der Waals surface area contributed by atoms with Crippen LogP contribution < -0.4 is 5.26 Å². The number of rotatable bonds is 12. The van der Waals surface area contributed by atoms with Crippen molar-refractivity contribution >= 4 is 23.2 Å². The van der Waals surface area contributed by atoms with E-state index in [0.29, 0.717) is 0 Å². The number of aliphatic hydroxyl groups is 8. The van der Waals surface area contributed by atoms with Gasteiger partial charge < -0.3 is 46.1 Å². The second-order valence-electron chi connectivity index (χ2n) is 5.71. The SMILES string of the molecule is C.[O-]OOSOC(C(O)C[S+]1C[C@@H](O)[C@H](O)[C@H]1CO)C(O)C(O)C(O)CO. The van der Waals surface area contributed by atoms with E-state index in [1.807, 2.05) is 0 Å². The highest BCUT2D eigenvalue weighted by Crippen LogP contribution is 2.27. The van der Waals surface area contributed by atoms with Gasteiger partial charge in [0.15, 0.2) is 17.6 Å². The predicted octanol–water partition coefficient (Wildman–Crippen LogP) is -5.06. The minimum absolute atomic E-state index is 0. The van der Waals surface area contributed by atoms with Crippen molar-refractivity contribution in [2.24, 2.45) is 0 Å². The van der Waals surface area contributed by atoms with Crippen LogP contribution >= 0.6 is 12.3 Å². The smallest absolute Gasteiger partial charge is 0.194 e. The van der Waals surface area contributed by atoms with E-state index in [4.69, 9.17) is 9.29 Å². The summed E-state index contributed by atoms with van der Waals surface area (Å²) < 4.78 is 8.77. The zero-order valence-corrected chi connectivity index (χ0v) is 15.1. The van der Waals surface area contributed by atoms with Crippen LogP contribution in [0.3, 0.4) is 0 Å². The molecular formula is C13H28O12S2. The highest BCUT2D eigenvalue weighted by Gasteiger charge is 2.51. The summed E-state index contributed by atoms with van der Waals surface area (Å²) in [6.45, 7) is -1.31. The number of hydrogen-bond acceptors (Lipinski definition) is 13. The molecule has 0 aromatic rings. The molecule has 1 aliphatic rings. The summed E-state index contributed by atoms with van der Waals surface area (Å²) in [7, 11) is -0.853. The van der Waals surface area contributed by atoms with Crippen molar-refractivity contribution in [2.45, 2.75) is 55.4 Å². The Morgan fingerprint density at radius 2 is 1.70 bits per heavy atom. The van der Waals surface area contributed by atoms with Gasteiger partial charge in [0.25, 0.3) is 0 Å². The van der Waals surface area contributed by atoms with E-state index in [-0.39, 0.29) is 31.3 Å². The summed E-state index contributed by atoms with van der Waals surface area (Å²) in [4.78, 5) is 0. The van der Waals surface area contributed by atoms with Crippen molar-refractivity contribution in [3.05, 3.63) is 0 Å². The molecule has 1 saturated heterocycles. The van der Waals surface area contributed by atoms with Crippen LogP contribution in [-0.4, -0.2) is 114 Å². The molecule has 0 amide bonds. The van der Waals surface area contributed by atoms with Crippen molar-refractivity contribution in [1.82, 2.24) is 0 Å². The number of aliphatic hydroxyl groups excluding tert-OH is 8. The largest absolute Gasteiger partial charge is 0.691 e. The highest BCUT2D eigenvalue weighted by molar-refractivity contribution is 7.97. The lowest BCUT2D eigenvalue weighted by Crippen LogP contribution is -2.52. The van der Waals surface area contributed by atoms with Crippen LogP contribution in [0.25, 0.3) is 0 Å². The van der Waals surface area contributed by atoms with Gasteiger partial charge >= 0.3 is 0 Å². The average Bonchev–Trinajstić information content (AvgIpc) is 2.89. The summed E-state index contributed by atoms with van der Waals surface area (Å²) in [5.74, 6) is -0.0385. The van der Waals surface area contributed by atoms with Crippen molar-refractivity contribution in [3.63, 3.8) is 0 Å². The molecule has 0 radical (unpaired) electrons. The molecule has 1 heterocycles. The van der Waals surface area contributed by atoms with Crippen LogP contribution in [-0.2, 0) is 24.5 Å². The van der Waals surface area contributed by atoms with Gasteiger partial charge in [-0.3, -0.25) is 9.22 Å². The monoisotopic (exact) mass is 440 g/mol. The fourth-order valence-electron chi connectivity index (χ4n) is 2.56. The summed E-state index contributed by atoms with van der Waals surface area (Å²) in [5.41, 5.74) is 0. The van der Waals surface area contributed by atoms with Gasteiger partial charge in [-0.2, -0.15) is 0 Å². The Labute approximate surface area is 163 Å². The maximum atomic E-state index is 10.4.